The number of halogens is 2. The van der Waals surface area contributed by atoms with E-state index in [1.54, 1.807) is 24.3 Å². The van der Waals surface area contributed by atoms with E-state index in [1.165, 1.54) is 6.20 Å². The predicted octanol–water partition coefficient (Wildman–Crippen LogP) is 3.64. The standard InChI is InChI=1S/C12H10Cl2N2O/c13-9-2-4-12(16-7-9)17-11-3-1-8(6-15)5-10(11)14/h1-5,7H,6,15H2. The number of hydrogen-bond donors (Lipinski definition) is 1. The Morgan fingerprint density at radius 3 is 2.59 bits per heavy atom. The molecule has 5 heteroatoms. The molecular weight excluding hydrogens is 259 g/mol. The topological polar surface area (TPSA) is 48.1 Å². The molecule has 0 aliphatic carbocycles. The summed E-state index contributed by atoms with van der Waals surface area (Å²) in [6.07, 6.45) is 1.51. The van der Waals surface area contributed by atoms with Crippen LogP contribution in [0.5, 0.6) is 11.6 Å². The van der Waals surface area contributed by atoms with Gasteiger partial charge in [0.05, 0.1) is 10.0 Å². The van der Waals surface area contributed by atoms with Crippen molar-refractivity contribution in [1.29, 1.82) is 0 Å². The van der Waals surface area contributed by atoms with Crippen LogP contribution < -0.4 is 10.5 Å². The summed E-state index contributed by atoms with van der Waals surface area (Å²) < 4.78 is 5.52. The lowest BCUT2D eigenvalue weighted by Gasteiger charge is -2.07. The van der Waals surface area contributed by atoms with E-state index in [9.17, 15) is 0 Å². The predicted molar refractivity (Wildman–Crippen MR) is 68.7 cm³/mol. The second-order valence-electron chi connectivity index (χ2n) is 3.39. The minimum atomic E-state index is 0.441. The number of nitrogens with two attached hydrogens (primary N) is 1. The molecule has 0 unspecified atom stereocenters. The fourth-order valence-corrected chi connectivity index (χ4v) is 1.64. The van der Waals surface area contributed by atoms with Gasteiger partial charge in [-0.3, -0.25) is 0 Å². The molecule has 0 aliphatic heterocycles. The molecule has 0 saturated carbocycles. The molecule has 0 bridgehead atoms. The van der Waals surface area contributed by atoms with Gasteiger partial charge in [-0.05, 0) is 23.8 Å². The Morgan fingerprint density at radius 1 is 1.18 bits per heavy atom. The molecule has 0 atom stereocenters. The number of rotatable bonds is 3. The number of hydrogen-bond acceptors (Lipinski definition) is 3. The summed E-state index contributed by atoms with van der Waals surface area (Å²) in [4.78, 5) is 4.02. The Balaban J connectivity index is 2.21. The average molecular weight is 269 g/mol. The van der Waals surface area contributed by atoms with Crippen LogP contribution in [0.15, 0.2) is 36.5 Å². The van der Waals surface area contributed by atoms with Crippen molar-refractivity contribution in [3.63, 3.8) is 0 Å². The Morgan fingerprint density at radius 2 is 2.00 bits per heavy atom. The molecule has 3 nitrogen and oxygen atoms in total. The van der Waals surface area contributed by atoms with Crippen LogP contribution in [0, 0.1) is 0 Å². The first kappa shape index (κ1) is 12.2. The quantitative estimate of drug-likeness (QED) is 0.925. The molecule has 88 valence electrons. The first-order chi connectivity index (χ1) is 8.19. The molecule has 2 N–H and O–H groups in total. The van der Waals surface area contributed by atoms with Gasteiger partial charge in [-0.15, -0.1) is 0 Å². The number of pyridine rings is 1. The highest BCUT2D eigenvalue weighted by molar-refractivity contribution is 6.32. The van der Waals surface area contributed by atoms with E-state index >= 15 is 0 Å². The Kier molecular flexibility index (Phi) is 3.84. The lowest BCUT2D eigenvalue weighted by molar-refractivity contribution is 0.463. The van der Waals surface area contributed by atoms with Gasteiger partial charge >= 0.3 is 0 Å². The van der Waals surface area contributed by atoms with Crippen molar-refractivity contribution in [3.8, 4) is 11.6 Å². The zero-order chi connectivity index (χ0) is 12.3. The maximum Gasteiger partial charge on any atom is 0.219 e. The van der Waals surface area contributed by atoms with Gasteiger partial charge in [0.15, 0.2) is 0 Å². The van der Waals surface area contributed by atoms with Crippen LogP contribution in [0.4, 0.5) is 0 Å². The maximum atomic E-state index is 6.05. The first-order valence-electron chi connectivity index (χ1n) is 4.97. The molecule has 0 fully saturated rings. The zero-order valence-corrected chi connectivity index (χ0v) is 10.4. The van der Waals surface area contributed by atoms with Crippen LogP contribution in [0.3, 0.4) is 0 Å². The number of aromatic nitrogens is 1. The van der Waals surface area contributed by atoms with Gasteiger partial charge < -0.3 is 10.5 Å². The molecule has 2 rings (SSSR count). The van der Waals surface area contributed by atoms with E-state index < -0.39 is 0 Å². The lowest BCUT2D eigenvalue weighted by Crippen LogP contribution is -1.96. The van der Waals surface area contributed by atoms with Crippen molar-refractivity contribution in [2.24, 2.45) is 5.73 Å². The molecule has 0 spiro atoms. The van der Waals surface area contributed by atoms with Gasteiger partial charge in [0, 0.05) is 18.8 Å². The van der Waals surface area contributed by atoms with Crippen LogP contribution >= 0.6 is 23.2 Å². The Labute approximate surface area is 109 Å². The fraction of sp³-hybridized carbons (Fsp3) is 0.0833. The van der Waals surface area contributed by atoms with Crippen LogP contribution in [0.1, 0.15) is 5.56 Å². The summed E-state index contributed by atoms with van der Waals surface area (Å²) in [5.41, 5.74) is 6.46. The molecule has 0 saturated heterocycles. The molecule has 2 aromatic rings. The summed E-state index contributed by atoms with van der Waals surface area (Å²) in [7, 11) is 0. The van der Waals surface area contributed by atoms with Crippen molar-refractivity contribution in [1.82, 2.24) is 4.98 Å². The van der Waals surface area contributed by atoms with Gasteiger partial charge in [0.1, 0.15) is 5.75 Å². The minimum absolute atomic E-state index is 0.441. The van der Waals surface area contributed by atoms with Crippen LogP contribution in [-0.2, 0) is 6.54 Å². The summed E-state index contributed by atoms with van der Waals surface area (Å²) in [6, 6.07) is 8.77. The third kappa shape index (κ3) is 3.09. The average Bonchev–Trinajstić information content (AvgIpc) is 2.34. The Hall–Kier alpha value is -1.29. The van der Waals surface area contributed by atoms with E-state index in [4.69, 9.17) is 33.7 Å². The normalized spacial score (nSPS) is 10.3. The smallest absolute Gasteiger partial charge is 0.219 e. The van der Waals surface area contributed by atoms with E-state index in [0.717, 1.165) is 5.56 Å². The molecule has 1 aromatic heterocycles. The molecule has 0 radical (unpaired) electrons. The van der Waals surface area contributed by atoms with Gasteiger partial charge in [0.2, 0.25) is 5.88 Å². The second-order valence-corrected chi connectivity index (χ2v) is 4.23. The van der Waals surface area contributed by atoms with E-state index in [-0.39, 0.29) is 0 Å². The monoisotopic (exact) mass is 268 g/mol. The van der Waals surface area contributed by atoms with E-state index in [1.807, 2.05) is 6.07 Å². The van der Waals surface area contributed by atoms with Gasteiger partial charge in [-0.2, -0.15) is 0 Å². The minimum Gasteiger partial charge on any atom is -0.437 e. The summed E-state index contributed by atoms with van der Waals surface area (Å²) in [5.74, 6) is 0.982. The first-order valence-corrected chi connectivity index (χ1v) is 5.72. The van der Waals surface area contributed by atoms with Crippen molar-refractivity contribution in [2.75, 3.05) is 0 Å². The van der Waals surface area contributed by atoms with Crippen molar-refractivity contribution >= 4 is 23.2 Å². The highest BCUT2D eigenvalue weighted by Gasteiger charge is 2.04. The number of benzene rings is 1. The number of nitrogens with zero attached hydrogens (tertiary/aromatic N) is 1. The van der Waals surface area contributed by atoms with Crippen LogP contribution in [-0.4, -0.2) is 4.98 Å². The molecule has 1 heterocycles. The van der Waals surface area contributed by atoms with Crippen LogP contribution in [0.2, 0.25) is 10.0 Å². The lowest BCUT2D eigenvalue weighted by atomic mass is 10.2. The van der Waals surface area contributed by atoms with Crippen molar-refractivity contribution in [2.45, 2.75) is 6.54 Å². The molecule has 0 amide bonds. The highest BCUT2D eigenvalue weighted by atomic mass is 35.5. The second kappa shape index (κ2) is 5.36. The van der Waals surface area contributed by atoms with E-state index in [2.05, 4.69) is 4.98 Å². The largest absolute Gasteiger partial charge is 0.437 e. The third-order valence-electron chi connectivity index (χ3n) is 2.15. The van der Waals surface area contributed by atoms with Crippen molar-refractivity contribution in [3.05, 3.63) is 52.1 Å². The van der Waals surface area contributed by atoms with Crippen molar-refractivity contribution < 1.29 is 4.74 Å². The summed E-state index contributed by atoms with van der Waals surface area (Å²) in [6.45, 7) is 0.444. The molecule has 17 heavy (non-hydrogen) atoms. The SMILES string of the molecule is NCc1ccc(Oc2ccc(Cl)cn2)c(Cl)c1. The molecule has 0 aliphatic rings. The number of ether oxygens (including phenoxy) is 1. The van der Waals surface area contributed by atoms with Gasteiger partial charge in [-0.1, -0.05) is 29.3 Å². The zero-order valence-electron chi connectivity index (χ0n) is 8.86. The highest BCUT2D eigenvalue weighted by Crippen LogP contribution is 2.29. The fourth-order valence-electron chi connectivity index (χ4n) is 1.29. The molecule has 1 aromatic carbocycles. The van der Waals surface area contributed by atoms with Crippen LogP contribution in [0.25, 0.3) is 0 Å². The maximum absolute atomic E-state index is 6.05. The Bertz CT molecular complexity index is 514. The third-order valence-corrected chi connectivity index (χ3v) is 2.67. The summed E-state index contributed by atoms with van der Waals surface area (Å²) in [5, 5.41) is 1.06. The van der Waals surface area contributed by atoms with Gasteiger partial charge in [-0.25, -0.2) is 4.98 Å². The summed E-state index contributed by atoms with van der Waals surface area (Å²) >= 11 is 11.8. The van der Waals surface area contributed by atoms with E-state index in [0.29, 0.717) is 28.2 Å². The molecular formula is C12H10Cl2N2O. The van der Waals surface area contributed by atoms with Gasteiger partial charge in [0.25, 0.3) is 0 Å².